The van der Waals surface area contributed by atoms with E-state index >= 15 is 0 Å². The van der Waals surface area contributed by atoms with Crippen LogP contribution in [0, 0.1) is 23.5 Å². The summed E-state index contributed by atoms with van der Waals surface area (Å²) in [6.45, 7) is 0.0534. The minimum Gasteiger partial charge on any atom is -0.488 e. The van der Waals surface area contributed by atoms with E-state index in [0.717, 1.165) is 0 Å². The molecule has 0 aliphatic rings. The Balaban J connectivity index is 2.22. The van der Waals surface area contributed by atoms with Gasteiger partial charge in [-0.2, -0.15) is 0 Å². The molecule has 1 nitrogen and oxygen atoms in total. The van der Waals surface area contributed by atoms with Crippen LogP contribution in [0.25, 0.3) is 0 Å². The first-order valence-electron chi connectivity index (χ1n) is 6.02. The zero-order valence-electron chi connectivity index (χ0n) is 10.8. The molecule has 0 aliphatic heterocycles. The van der Waals surface area contributed by atoms with Gasteiger partial charge in [0.1, 0.15) is 24.0 Å². The maximum Gasteiger partial charge on any atom is 0.142 e. The topological polar surface area (TPSA) is 9.23 Å². The molecule has 108 valence electrons. The van der Waals surface area contributed by atoms with E-state index in [9.17, 15) is 8.78 Å². The Morgan fingerprint density at radius 1 is 1.14 bits per heavy atom. The van der Waals surface area contributed by atoms with Crippen molar-refractivity contribution in [3.63, 3.8) is 0 Å². The minimum absolute atomic E-state index is 0.00741. The van der Waals surface area contributed by atoms with Crippen molar-refractivity contribution >= 4 is 23.2 Å². The Bertz CT molecular complexity index is 705. The third-order valence-electron chi connectivity index (χ3n) is 2.65. The predicted octanol–water partition coefficient (Wildman–Crippen LogP) is 4.79. The van der Waals surface area contributed by atoms with Crippen molar-refractivity contribution < 1.29 is 13.5 Å². The predicted molar refractivity (Wildman–Crippen MR) is 79.7 cm³/mol. The number of alkyl halides is 1. The van der Waals surface area contributed by atoms with E-state index in [2.05, 4.69) is 11.8 Å². The second-order valence-corrected chi connectivity index (χ2v) is 4.72. The average Bonchev–Trinajstić information content (AvgIpc) is 2.48. The molecular weight excluding hydrogens is 317 g/mol. The van der Waals surface area contributed by atoms with Crippen molar-refractivity contribution in [3.05, 3.63) is 64.2 Å². The summed E-state index contributed by atoms with van der Waals surface area (Å²) in [5, 5.41) is 0.00741. The minimum atomic E-state index is -0.515. The van der Waals surface area contributed by atoms with Gasteiger partial charge in [-0.15, -0.1) is 11.6 Å². The molecule has 0 atom stereocenters. The highest BCUT2D eigenvalue weighted by Crippen LogP contribution is 2.24. The third kappa shape index (κ3) is 4.10. The summed E-state index contributed by atoms with van der Waals surface area (Å²) in [5.41, 5.74) is 0.875. The SMILES string of the molecule is Fc1ccc(OCc2cccc(F)c2Cl)c(C#CCCl)c1. The van der Waals surface area contributed by atoms with E-state index in [-0.39, 0.29) is 17.5 Å². The smallest absolute Gasteiger partial charge is 0.142 e. The van der Waals surface area contributed by atoms with Crippen LogP contribution in [0.2, 0.25) is 5.02 Å². The number of rotatable bonds is 3. The van der Waals surface area contributed by atoms with Crippen LogP contribution < -0.4 is 4.74 Å². The molecule has 0 unspecified atom stereocenters. The molecule has 0 heterocycles. The maximum absolute atomic E-state index is 13.3. The number of hydrogen-bond donors (Lipinski definition) is 0. The lowest BCUT2D eigenvalue weighted by Gasteiger charge is -2.10. The molecule has 0 aliphatic carbocycles. The van der Waals surface area contributed by atoms with Gasteiger partial charge in [0.15, 0.2) is 0 Å². The van der Waals surface area contributed by atoms with Crippen molar-refractivity contribution in [2.75, 3.05) is 5.88 Å². The quantitative estimate of drug-likeness (QED) is 0.582. The summed E-state index contributed by atoms with van der Waals surface area (Å²) >= 11 is 11.3. The molecule has 0 spiro atoms. The van der Waals surface area contributed by atoms with Gasteiger partial charge in [0.25, 0.3) is 0 Å². The van der Waals surface area contributed by atoms with Gasteiger partial charge in [-0.1, -0.05) is 35.6 Å². The largest absolute Gasteiger partial charge is 0.488 e. The summed E-state index contributed by atoms with van der Waals surface area (Å²) in [6.07, 6.45) is 0. The van der Waals surface area contributed by atoms with Crippen LogP contribution in [0.15, 0.2) is 36.4 Å². The van der Waals surface area contributed by atoms with Gasteiger partial charge in [0.05, 0.1) is 16.5 Å². The van der Waals surface area contributed by atoms with E-state index in [1.807, 2.05) is 0 Å². The van der Waals surface area contributed by atoms with Crippen molar-refractivity contribution in [2.45, 2.75) is 6.61 Å². The Morgan fingerprint density at radius 2 is 1.95 bits per heavy atom. The van der Waals surface area contributed by atoms with Crippen molar-refractivity contribution in [1.29, 1.82) is 0 Å². The summed E-state index contributed by atoms with van der Waals surface area (Å²) in [6, 6.07) is 8.43. The summed E-state index contributed by atoms with van der Waals surface area (Å²) in [4.78, 5) is 0. The van der Waals surface area contributed by atoms with Crippen LogP contribution in [-0.2, 0) is 6.61 Å². The van der Waals surface area contributed by atoms with Gasteiger partial charge in [0.2, 0.25) is 0 Å². The molecule has 0 radical (unpaired) electrons. The zero-order chi connectivity index (χ0) is 15.2. The molecular formula is C16H10Cl2F2O. The molecule has 0 saturated heterocycles. The lowest BCUT2D eigenvalue weighted by atomic mass is 10.2. The fourth-order valence-corrected chi connectivity index (χ4v) is 1.92. The number of benzene rings is 2. The van der Waals surface area contributed by atoms with E-state index in [1.165, 1.54) is 24.3 Å². The van der Waals surface area contributed by atoms with Crippen LogP contribution >= 0.6 is 23.2 Å². The molecule has 0 fully saturated rings. The van der Waals surface area contributed by atoms with E-state index in [1.54, 1.807) is 12.1 Å². The summed E-state index contributed by atoms with van der Waals surface area (Å²) < 4.78 is 32.1. The van der Waals surface area contributed by atoms with Crippen LogP contribution in [-0.4, -0.2) is 5.88 Å². The summed E-state index contributed by atoms with van der Waals surface area (Å²) in [5.74, 6) is 4.92. The molecule has 0 bridgehead atoms. The highest BCUT2D eigenvalue weighted by atomic mass is 35.5. The number of halogens is 4. The van der Waals surface area contributed by atoms with Gasteiger partial charge >= 0.3 is 0 Å². The van der Waals surface area contributed by atoms with Gasteiger partial charge in [0, 0.05) is 5.56 Å². The van der Waals surface area contributed by atoms with Gasteiger partial charge in [-0.05, 0) is 24.3 Å². The molecule has 0 saturated carbocycles. The Morgan fingerprint density at radius 3 is 2.71 bits per heavy atom. The Labute approximate surface area is 131 Å². The van der Waals surface area contributed by atoms with Gasteiger partial charge < -0.3 is 4.74 Å². The molecule has 0 amide bonds. The fourth-order valence-electron chi connectivity index (χ4n) is 1.67. The second-order valence-electron chi connectivity index (χ2n) is 4.08. The zero-order valence-corrected chi connectivity index (χ0v) is 12.3. The number of ether oxygens (including phenoxy) is 1. The fraction of sp³-hybridized carbons (Fsp3) is 0.125. The highest BCUT2D eigenvalue weighted by molar-refractivity contribution is 6.31. The maximum atomic E-state index is 13.3. The normalized spacial score (nSPS) is 9.90. The van der Waals surface area contributed by atoms with E-state index in [0.29, 0.717) is 16.9 Å². The van der Waals surface area contributed by atoms with Crippen LogP contribution in [0.3, 0.4) is 0 Å². The van der Waals surface area contributed by atoms with Crippen LogP contribution in [0.4, 0.5) is 8.78 Å². The standard InChI is InChI=1S/C16H10Cl2F2O/c17-8-2-4-11-9-13(19)6-7-15(11)21-10-12-3-1-5-14(20)16(12)18/h1,3,5-7,9H,8,10H2. The first-order chi connectivity index (χ1) is 10.1. The van der Waals surface area contributed by atoms with Crippen molar-refractivity contribution in [2.24, 2.45) is 0 Å². The van der Waals surface area contributed by atoms with Gasteiger partial charge in [-0.25, -0.2) is 8.78 Å². The molecule has 0 N–H and O–H groups in total. The molecule has 0 aromatic heterocycles. The lowest BCUT2D eigenvalue weighted by molar-refractivity contribution is 0.304. The Kier molecular flexibility index (Phi) is 5.44. The molecule has 2 aromatic rings. The Hall–Kier alpha value is -1.76. The van der Waals surface area contributed by atoms with Crippen molar-refractivity contribution in [1.82, 2.24) is 0 Å². The van der Waals surface area contributed by atoms with Crippen LogP contribution in [0.5, 0.6) is 5.75 Å². The molecule has 2 rings (SSSR count). The lowest BCUT2D eigenvalue weighted by Crippen LogP contribution is -1.99. The van der Waals surface area contributed by atoms with Gasteiger partial charge in [-0.3, -0.25) is 0 Å². The van der Waals surface area contributed by atoms with Crippen molar-refractivity contribution in [3.8, 4) is 17.6 Å². The third-order valence-corrected chi connectivity index (χ3v) is 3.20. The van der Waals surface area contributed by atoms with Crippen LogP contribution in [0.1, 0.15) is 11.1 Å². The second kappa shape index (κ2) is 7.31. The highest BCUT2D eigenvalue weighted by Gasteiger charge is 2.08. The first-order valence-corrected chi connectivity index (χ1v) is 6.93. The number of hydrogen-bond acceptors (Lipinski definition) is 1. The molecule has 5 heteroatoms. The molecule has 2 aromatic carbocycles. The monoisotopic (exact) mass is 326 g/mol. The van der Waals surface area contributed by atoms with E-state index in [4.69, 9.17) is 27.9 Å². The first kappa shape index (κ1) is 15.6. The van der Waals surface area contributed by atoms with E-state index < -0.39 is 11.6 Å². The molecule has 21 heavy (non-hydrogen) atoms. The summed E-state index contributed by atoms with van der Waals surface area (Å²) in [7, 11) is 0. The average molecular weight is 327 g/mol.